The van der Waals surface area contributed by atoms with Crippen molar-refractivity contribution in [1.29, 1.82) is 0 Å². The molecule has 2 amide bonds. The van der Waals surface area contributed by atoms with Crippen LogP contribution >= 0.6 is 11.3 Å². The number of thiophene rings is 1. The molecule has 25 heavy (non-hydrogen) atoms. The minimum absolute atomic E-state index is 0.137. The zero-order valence-electron chi connectivity index (χ0n) is 14.0. The maximum atomic E-state index is 12.4. The summed E-state index contributed by atoms with van der Waals surface area (Å²) in [6.45, 7) is 5.18. The Hall–Kier alpha value is -2.93. The van der Waals surface area contributed by atoms with Crippen LogP contribution in [0.15, 0.2) is 40.9 Å². The monoisotopic (exact) mass is 355 g/mol. The van der Waals surface area contributed by atoms with E-state index in [4.69, 9.17) is 4.52 Å². The number of carbonyl (C=O) groups excluding carboxylic acids is 2. The lowest BCUT2D eigenvalue weighted by Crippen LogP contribution is -2.10. The van der Waals surface area contributed by atoms with Crippen LogP contribution in [0.25, 0.3) is 10.4 Å². The first kappa shape index (κ1) is 16.9. The molecule has 0 aliphatic rings. The van der Waals surface area contributed by atoms with Gasteiger partial charge in [0, 0.05) is 23.2 Å². The van der Waals surface area contributed by atoms with Crippen LogP contribution in [-0.4, -0.2) is 17.0 Å². The molecule has 0 aliphatic carbocycles. The van der Waals surface area contributed by atoms with Crippen LogP contribution < -0.4 is 10.6 Å². The Labute approximate surface area is 148 Å². The van der Waals surface area contributed by atoms with Crippen molar-refractivity contribution in [3.05, 3.63) is 52.7 Å². The van der Waals surface area contributed by atoms with Crippen molar-refractivity contribution < 1.29 is 14.1 Å². The number of hydrogen-bond acceptors (Lipinski definition) is 5. The number of rotatable bonds is 4. The maximum Gasteiger partial charge on any atom is 0.265 e. The molecule has 1 aromatic carbocycles. The Morgan fingerprint density at radius 1 is 1.00 bits per heavy atom. The number of amides is 2. The number of aryl methyl sites for hydroxylation is 2. The second-order valence-corrected chi connectivity index (χ2v) is 6.66. The first-order valence-corrected chi connectivity index (χ1v) is 8.48. The maximum absolute atomic E-state index is 12.4. The molecule has 6 nitrogen and oxygen atoms in total. The number of benzene rings is 1. The zero-order chi connectivity index (χ0) is 18.0. The van der Waals surface area contributed by atoms with Crippen molar-refractivity contribution in [2.45, 2.75) is 20.8 Å². The van der Waals surface area contributed by atoms with E-state index in [1.54, 1.807) is 30.3 Å². The van der Waals surface area contributed by atoms with Gasteiger partial charge in [-0.25, -0.2) is 0 Å². The lowest BCUT2D eigenvalue weighted by Gasteiger charge is -2.06. The van der Waals surface area contributed by atoms with Gasteiger partial charge >= 0.3 is 0 Å². The fourth-order valence-electron chi connectivity index (χ4n) is 2.46. The van der Waals surface area contributed by atoms with Gasteiger partial charge < -0.3 is 15.2 Å². The van der Waals surface area contributed by atoms with Crippen molar-refractivity contribution >= 4 is 34.5 Å². The molecule has 2 N–H and O–H groups in total. The molecule has 0 bridgehead atoms. The van der Waals surface area contributed by atoms with Gasteiger partial charge in [-0.15, -0.1) is 11.3 Å². The quantitative estimate of drug-likeness (QED) is 0.733. The molecule has 0 saturated heterocycles. The Balaban J connectivity index is 1.73. The molecule has 0 unspecified atom stereocenters. The highest BCUT2D eigenvalue weighted by molar-refractivity contribution is 7.17. The van der Waals surface area contributed by atoms with Crippen LogP contribution in [0.3, 0.4) is 0 Å². The predicted molar refractivity (Wildman–Crippen MR) is 98.0 cm³/mol. The summed E-state index contributed by atoms with van der Waals surface area (Å²) in [5.74, 6) is 0.414. The van der Waals surface area contributed by atoms with Gasteiger partial charge in [0.1, 0.15) is 5.76 Å². The topological polar surface area (TPSA) is 84.2 Å². The Kier molecular flexibility index (Phi) is 4.67. The summed E-state index contributed by atoms with van der Waals surface area (Å²) in [5, 5.41) is 9.47. The predicted octanol–water partition coefficient (Wildman–Crippen LogP) is 4.23. The Morgan fingerprint density at radius 2 is 1.64 bits per heavy atom. The molecule has 7 heteroatoms. The highest BCUT2D eigenvalue weighted by Gasteiger charge is 2.16. The van der Waals surface area contributed by atoms with Gasteiger partial charge in [0.15, 0.2) is 0 Å². The zero-order valence-corrected chi connectivity index (χ0v) is 14.9. The largest absolute Gasteiger partial charge is 0.361 e. The number of hydrogen-bond donors (Lipinski definition) is 2. The van der Waals surface area contributed by atoms with E-state index in [0.29, 0.717) is 16.3 Å². The van der Waals surface area contributed by atoms with Crippen molar-refractivity contribution in [1.82, 2.24) is 5.16 Å². The Bertz CT molecular complexity index is 906. The number of nitrogens with zero attached hydrogens (tertiary/aromatic N) is 1. The van der Waals surface area contributed by atoms with Gasteiger partial charge in [-0.3, -0.25) is 9.59 Å². The van der Waals surface area contributed by atoms with Crippen molar-refractivity contribution in [2.24, 2.45) is 0 Å². The van der Waals surface area contributed by atoms with Crippen LogP contribution in [0.5, 0.6) is 0 Å². The normalized spacial score (nSPS) is 10.5. The van der Waals surface area contributed by atoms with E-state index in [9.17, 15) is 9.59 Å². The van der Waals surface area contributed by atoms with Crippen LogP contribution in [0.1, 0.15) is 28.0 Å². The molecule has 0 spiro atoms. The highest BCUT2D eigenvalue weighted by Crippen LogP contribution is 2.33. The highest BCUT2D eigenvalue weighted by atomic mass is 32.1. The molecule has 3 aromatic rings. The van der Waals surface area contributed by atoms with Gasteiger partial charge in [-0.1, -0.05) is 5.16 Å². The standard InChI is InChI=1S/C18H17N3O3S/c1-10-17(11(2)24-21-10)15-8-9-16(25-15)18(23)20-14-6-4-13(5-7-14)19-12(3)22/h4-9H,1-3H3,(H,19,22)(H,20,23). The summed E-state index contributed by atoms with van der Waals surface area (Å²) in [6, 6.07) is 10.6. The summed E-state index contributed by atoms with van der Waals surface area (Å²) in [5.41, 5.74) is 3.08. The lowest BCUT2D eigenvalue weighted by atomic mass is 10.2. The van der Waals surface area contributed by atoms with Gasteiger partial charge in [0.05, 0.1) is 16.1 Å². The summed E-state index contributed by atoms with van der Waals surface area (Å²) in [6.07, 6.45) is 0. The van der Waals surface area contributed by atoms with Crippen molar-refractivity contribution in [2.75, 3.05) is 10.6 Å². The molecular weight excluding hydrogens is 338 g/mol. The molecule has 3 rings (SSSR count). The number of anilines is 2. The van der Waals surface area contributed by atoms with Gasteiger partial charge in [0.2, 0.25) is 5.91 Å². The van der Waals surface area contributed by atoms with E-state index >= 15 is 0 Å². The summed E-state index contributed by atoms with van der Waals surface area (Å²) in [7, 11) is 0. The molecule has 128 valence electrons. The fourth-order valence-corrected chi connectivity index (χ4v) is 3.51. The number of aromatic nitrogens is 1. The van der Waals surface area contributed by atoms with Gasteiger partial charge in [-0.2, -0.15) is 0 Å². The second kappa shape index (κ2) is 6.90. The van der Waals surface area contributed by atoms with Crippen LogP contribution in [-0.2, 0) is 4.79 Å². The van der Waals surface area contributed by atoms with Crippen LogP contribution in [0, 0.1) is 13.8 Å². The SMILES string of the molecule is CC(=O)Nc1ccc(NC(=O)c2ccc(-c3c(C)noc3C)s2)cc1. The first-order valence-electron chi connectivity index (χ1n) is 7.66. The molecule has 0 saturated carbocycles. The third-order valence-electron chi connectivity index (χ3n) is 3.57. The molecule has 2 heterocycles. The van der Waals surface area contributed by atoms with E-state index in [2.05, 4.69) is 15.8 Å². The number of carbonyl (C=O) groups is 2. The summed E-state index contributed by atoms with van der Waals surface area (Å²) < 4.78 is 5.18. The first-order chi connectivity index (χ1) is 11.9. The summed E-state index contributed by atoms with van der Waals surface area (Å²) in [4.78, 5) is 25.0. The minimum atomic E-state index is -0.185. The lowest BCUT2D eigenvalue weighted by molar-refractivity contribution is -0.114. The molecular formula is C18H17N3O3S. The second-order valence-electron chi connectivity index (χ2n) is 5.58. The van der Waals surface area contributed by atoms with Crippen LogP contribution in [0.4, 0.5) is 11.4 Å². The fraction of sp³-hybridized carbons (Fsp3) is 0.167. The van der Waals surface area contributed by atoms with E-state index < -0.39 is 0 Å². The molecule has 0 atom stereocenters. The van der Waals surface area contributed by atoms with Gasteiger partial charge in [-0.05, 0) is 50.2 Å². The van der Waals surface area contributed by atoms with Gasteiger partial charge in [0.25, 0.3) is 5.91 Å². The number of nitrogens with one attached hydrogen (secondary N) is 2. The third kappa shape index (κ3) is 3.77. The third-order valence-corrected chi connectivity index (χ3v) is 4.67. The summed E-state index contributed by atoms with van der Waals surface area (Å²) >= 11 is 1.39. The van der Waals surface area contributed by atoms with E-state index in [-0.39, 0.29) is 11.8 Å². The molecule has 0 fully saturated rings. The van der Waals surface area contributed by atoms with Crippen LogP contribution in [0.2, 0.25) is 0 Å². The van der Waals surface area contributed by atoms with E-state index in [0.717, 1.165) is 21.9 Å². The van der Waals surface area contributed by atoms with Crippen molar-refractivity contribution in [3.63, 3.8) is 0 Å². The average molecular weight is 355 g/mol. The van der Waals surface area contributed by atoms with E-state index in [1.165, 1.54) is 18.3 Å². The molecule has 0 aliphatic heterocycles. The minimum Gasteiger partial charge on any atom is -0.361 e. The van der Waals surface area contributed by atoms with Crippen molar-refractivity contribution in [3.8, 4) is 10.4 Å². The smallest absolute Gasteiger partial charge is 0.265 e. The van der Waals surface area contributed by atoms with E-state index in [1.807, 2.05) is 19.9 Å². The molecule has 0 radical (unpaired) electrons. The Morgan fingerprint density at radius 3 is 2.20 bits per heavy atom. The average Bonchev–Trinajstić information content (AvgIpc) is 3.15. The molecule has 2 aromatic heterocycles.